The Kier molecular flexibility index (Phi) is 7.98. The van der Waals surface area contributed by atoms with Crippen LogP contribution in [0.15, 0.2) is 12.1 Å². The molecule has 2 unspecified atom stereocenters. The van der Waals surface area contributed by atoms with E-state index in [0.717, 1.165) is 19.4 Å². The van der Waals surface area contributed by atoms with E-state index in [9.17, 15) is 9.59 Å². The fraction of sp³-hybridized carbons (Fsp3) is 0.600. The second kappa shape index (κ2) is 10.0. The molecule has 162 valence electrons. The van der Waals surface area contributed by atoms with Crippen molar-refractivity contribution < 1.29 is 23.8 Å². The van der Waals surface area contributed by atoms with Crippen LogP contribution >= 0.6 is 12.4 Å². The highest BCUT2D eigenvalue weighted by Crippen LogP contribution is 2.42. The molecule has 0 radical (unpaired) electrons. The quantitative estimate of drug-likeness (QED) is 0.744. The summed E-state index contributed by atoms with van der Waals surface area (Å²) in [4.78, 5) is 29.2. The summed E-state index contributed by atoms with van der Waals surface area (Å²) in [5.74, 6) is 1.08. The average molecular weight is 428 g/mol. The molecule has 1 aromatic rings. The fourth-order valence-corrected chi connectivity index (χ4v) is 4.02. The number of carbonyl (C=O) groups is 2. The highest BCUT2D eigenvalue weighted by molar-refractivity contribution is 6.00. The number of likely N-dealkylation sites (N-methyl/N-ethyl adjacent to an activating group) is 1. The predicted molar refractivity (Wildman–Crippen MR) is 112 cm³/mol. The Labute approximate surface area is 177 Å². The standard InChI is InChI=1S/C20H29N3O5.ClH/c1-21-14-6-5-7-22(12-14)20(25)13-8-18(24)23(11-13)15-9-16(26-2)19(28-4)17(10-15)27-3;/h9-10,13-14,21H,5-8,11-12H2,1-4H3;1H. The van der Waals surface area contributed by atoms with Crippen LogP contribution in [0.25, 0.3) is 0 Å². The molecule has 2 fully saturated rings. The van der Waals surface area contributed by atoms with E-state index in [-0.39, 0.29) is 36.6 Å². The Morgan fingerprint density at radius 3 is 2.31 bits per heavy atom. The zero-order valence-corrected chi connectivity index (χ0v) is 18.2. The summed E-state index contributed by atoms with van der Waals surface area (Å²) < 4.78 is 16.1. The molecule has 29 heavy (non-hydrogen) atoms. The van der Waals surface area contributed by atoms with Crippen LogP contribution in [0, 0.1) is 5.92 Å². The lowest BCUT2D eigenvalue weighted by molar-refractivity contribution is -0.137. The zero-order valence-electron chi connectivity index (χ0n) is 17.4. The van der Waals surface area contributed by atoms with E-state index in [1.807, 2.05) is 11.9 Å². The number of nitrogens with one attached hydrogen (secondary N) is 1. The maximum Gasteiger partial charge on any atom is 0.228 e. The molecule has 2 atom stereocenters. The van der Waals surface area contributed by atoms with Gasteiger partial charge in [-0.25, -0.2) is 0 Å². The predicted octanol–water partition coefficient (Wildman–Crippen LogP) is 1.70. The molecule has 2 saturated heterocycles. The molecule has 0 spiro atoms. The lowest BCUT2D eigenvalue weighted by atomic mass is 10.0. The Hall–Kier alpha value is -2.19. The molecular weight excluding hydrogens is 398 g/mol. The number of hydrogen-bond donors (Lipinski definition) is 1. The van der Waals surface area contributed by atoms with Crippen molar-refractivity contribution in [1.29, 1.82) is 0 Å². The molecule has 2 aliphatic heterocycles. The van der Waals surface area contributed by atoms with Gasteiger partial charge < -0.3 is 29.3 Å². The van der Waals surface area contributed by atoms with Crippen LogP contribution in [0.2, 0.25) is 0 Å². The van der Waals surface area contributed by atoms with E-state index in [1.54, 1.807) is 17.0 Å². The Morgan fingerprint density at radius 1 is 1.10 bits per heavy atom. The zero-order chi connectivity index (χ0) is 20.3. The number of anilines is 1. The minimum absolute atomic E-state index is 0. The minimum Gasteiger partial charge on any atom is -0.493 e. The monoisotopic (exact) mass is 427 g/mol. The molecular formula is C20H30ClN3O5. The number of halogens is 1. The molecule has 3 rings (SSSR count). The van der Waals surface area contributed by atoms with Gasteiger partial charge in [-0.15, -0.1) is 12.4 Å². The normalized spacial score (nSPS) is 21.6. The molecule has 8 nitrogen and oxygen atoms in total. The highest BCUT2D eigenvalue weighted by atomic mass is 35.5. The van der Waals surface area contributed by atoms with E-state index < -0.39 is 0 Å². The topological polar surface area (TPSA) is 80.3 Å². The molecule has 0 bridgehead atoms. The van der Waals surface area contributed by atoms with Gasteiger partial charge in [0.25, 0.3) is 0 Å². The average Bonchev–Trinajstić information content (AvgIpc) is 3.13. The molecule has 2 heterocycles. The number of piperidine rings is 1. The number of benzene rings is 1. The van der Waals surface area contributed by atoms with Crippen LogP contribution in [0.5, 0.6) is 17.2 Å². The van der Waals surface area contributed by atoms with Gasteiger partial charge >= 0.3 is 0 Å². The van der Waals surface area contributed by atoms with Gasteiger partial charge in [-0.3, -0.25) is 9.59 Å². The Morgan fingerprint density at radius 2 is 1.76 bits per heavy atom. The van der Waals surface area contributed by atoms with Crippen molar-refractivity contribution in [1.82, 2.24) is 10.2 Å². The van der Waals surface area contributed by atoms with Gasteiger partial charge in [0.15, 0.2) is 11.5 Å². The van der Waals surface area contributed by atoms with Crippen molar-refractivity contribution in [2.45, 2.75) is 25.3 Å². The third kappa shape index (κ3) is 4.70. The molecule has 1 N–H and O–H groups in total. The summed E-state index contributed by atoms with van der Waals surface area (Å²) in [5, 5.41) is 3.25. The number of methoxy groups -OCH3 is 3. The molecule has 2 aliphatic rings. The number of carbonyl (C=O) groups excluding carboxylic acids is 2. The van der Waals surface area contributed by atoms with Crippen molar-refractivity contribution in [3.8, 4) is 17.2 Å². The number of likely N-dealkylation sites (tertiary alicyclic amines) is 1. The molecule has 0 aromatic heterocycles. The van der Waals surface area contributed by atoms with Crippen LogP contribution < -0.4 is 24.4 Å². The van der Waals surface area contributed by atoms with Gasteiger partial charge in [-0.05, 0) is 19.9 Å². The van der Waals surface area contributed by atoms with Crippen molar-refractivity contribution >= 4 is 29.9 Å². The Balaban J connectivity index is 0.00000300. The smallest absolute Gasteiger partial charge is 0.228 e. The molecule has 0 aliphatic carbocycles. The molecule has 2 amide bonds. The second-order valence-corrected chi connectivity index (χ2v) is 7.20. The van der Waals surface area contributed by atoms with Gasteiger partial charge in [-0.1, -0.05) is 0 Å². The van der Waals surface area contributed by atoms with Crippen molar-refractivity contribution in [3.05, 3.63) is 12.1 Å². The third-order valence-electron chi connectivity index (χ3n) is 5.58. The maximum absolute atomic E-state index is 13.0. The first-order valence-corrected chi connectivity index (χ1v) is 9.58. The van der Waals surface area contributed by atoms with Crippen molar-refractivity contribution in [3.63, 3.8) is 0 Å². The number of ether oxygens (including phenoxy) is 3. The van der Waals surface area contributed by atoms with E-state index >= 15 is 0 Å². The van der Waals surface area contributed by atoms with E-state index in [2.05, 4.69) is 5.32 Å². The van der Waals surface area contributed by atoms with Crippen LogP contribution in [-0.2, 0) is 9.59 Å². The lowest BCUT2D eigenvalue weighted by Crippen LogP contribution is -2.49. The van der Waals surface area contributed by atoms with Gasteiger partial charge in [-0.2, -0.15) is 0 Å². The van der Waals surface area contributed by atoms with Crippen LogP contribution in [-0.4, -0.2) is 70.8 Å². The first kappa shape index (κ1) is 23.1. The van der Waals surface area contributed by atoms with Crippen LogP contribution in [0.1, 0.15) is 19.3 Å². The van der Waals surface area contributed by atoms with Crippen molar-refractivity contribution in [2.75, 3.05) is 52.9 Å². The second-order valence-electron chi connectivity index (χ2n) is 7.20. The first-order chi connectivity index (χ1) is 13.5. The minimum atomic E-state index is -0.331. The lowest BCUT2D eigenvalue weighted by Gasteiger charge is -2.34. The maximum atomic E-state index is 13.0. The Bertz CT molecular complexity index is 720. The fourth-order valence-electron chi connectivity index (χ4n) is 4.02. The van der Waals surface area contributed by atoms with Crippen molar-refractivity contribution in [2.24, 2.45) is 5.92 Å². The number of rotatable bonds is 6. The summed E-state index contributed by atoms with van der Waals surface area (Å²) in [6, 6.07) is 3.80. The van der Waals surface area contributed by atoms with Gasteiger partial charge in [0.1, 0.15) is 0 Å². The SMILES string of the molecule is CNC1CCCN(C(=O)C2CC(=O)N(c3cc(OC)c(OC)c(OC)c3)C2)C1.Cl. The van der Waals surface area contributed by atoms with E-state index in [4.69, 9.17) is 14.2 Å². The summed E-state index contributed by atoms with van der Waals surface area (Å²) >= 11 is 0. The first-order valence-electron chi connectivity index (χ1n) is 9.58. The summed E-state index contributed by atoms with van der Waals surface area (Å²) in [5.41, 5.74) is 0.640. The van der Waals surface area contributed by atoms with Gasteiger partial charge in [0, 0.05) is 44.2 Å². The van der Waals surface area contributed by atoms with Crippen LogP contribution in [0.3, 0.4) is 0 Å². The summed E-state index contributed by atoms with van der Waals surface area (Å²) in [7, 11) is 6.53. The number of nitrogens with zero attached hydrogens (tertiary/aromatic N) is 2. The van der Waals surface area contributed by atoms with Gasteiger partial charge in [0.2, 0.25) is 17.6 Å². The number of hydrogen-bond acceptors (Lipinski definition) is 6. The van der Waals surface area contributed by atoms with E-state index in [0.29, 0.717) is 42.1 Å². The third-order valence-corrected chi connectivity index (χ3v) is 5.58. The molecule has 0 saturated carbocycles. The van der Waals surface area contributed by atoms with Gasteiger partial charge in [0.05, 0.1) is 32.9 Å². The molecule has 9 heteroatoms. The largest absolute Gasteiger partial charge is 0.493 e. The summed E-state index contributed by atoms with van der Waals surface area (Å²) in [6.45, 7) is 1.81. The molecule has 1 aromatic carbocycles. The number of amides is 2. The van der Waals surface area contributed by atoms with Crippen LogP contribution in [0.4, 0.5) is 5.69 Å². The van der Waals surface area contributed by atoms with E-state index in [1.165, 1.54) is 21.3 Å². The highest BCUT2D eigenvalue weighted by Gasteiger charge is 2.38. The summed E-state index contributed by atoms with van der Waals surface area (Å²) in [6.07, 6.45) is 2.27.